The number of benzene rings is 2. The Hall–Kier alpha value is -3.56. The van der Waals surface area contributed by atoms with Crippen LogP contribution in [0.4, 0.5) is 0 Å². The summed E-state index contributed by atoms with van der Waals surface area (Å²) in [5.74, 6) is 8.40. The molecule has 0 bridgehead atoms. The zero-order chi connectivity index (χ0) is 23.0. The van der Waals surface area contributed by atoms with Gasteiger partial charge in [0.2, 0.25) is 5.78 Å². The topological polar surface area (TPSA) is 76.2 Å². The number of rotatable bonds is 3. The lowest BCUT2D eigenvalue weighted by atomic mass is 9.74. The van der Waals surface area contributed by atoms with E-state index in [0.29, 0.717) is 34.2 Å². The Morgan fingerprint density at radius 2 is 1.97 bits per heavy atom. The predicted octanol–water partition coefficient (Wildman–Crippen LogP) is 4.57. The molecule has 0 aliphatic carbocycles. The van der Waals surface area contributed by atoms with Gasteiger partial charge >= 0.3 is 0 Å². The van der Waals surface area contributed by atoms with E-state index in [-0.39, 0.29) is 17.0 Å². The van der Waals surface area contributed by atoms with Crippen molar-refractivity contribution in [2.24, 2.45) is 11.3 Å². The van der Waals surface area contributed by atoms with Crippen LogP contribution in [-0.2, 0) is 0 Å². The van der Waals surface area contributed by atoms with Gasteiger partial charge in [-0.15, -0.1) is 0 Å². The van der Waals surface area contributed by atoms with Crippen molar-refractivity contribution in [2.45, 2.75) is 26.7 Å². The monoisotopic (exact) mass is 441 g/mol. The largest absolute Gasteiger partial charge is 0.495 e. The highest BCUT2D eigenvalue weighted by Crippen LogP contribution is 2.40. The number of ketones is 1. The van der Waals surface area contributed by atoms with Crippen LogP contribution in [0.15, 0.2) is 42.2 Å². The SMILES string of the molecule is COc1ccc2c(c1C#CC(C)(C)C1CCNCC1)O/C(=C\c1n[nH]c3ccccc13)C2=O. The lowest BCUT2D eigenvalue weighted by Gasteiger charge is -2.33. The number of aromatic amines is 1. The number of carbonyl (C=O) groups is 1. The summed E-state index contributed by atoms with van der Waals surface area (Å²) in [4.78, 5) is 13.1. The Bertz CT molecular complexity index is 1320. The molecule has 33 heavy (non-hydrogen) atoms. The molecule has 168 valence electrons. The normalized spacial score (nSPS) is 17.5. The van der Waals surface area contributed by atoms with Gasteiger partial charge in [0.25, 0.3) is 0 Å². The second-order valence-corrected chi connectivity index (χ2v) is 9.11. The first-order valence-corrected chi connectivity index (χ1v) is 11.3. The number of aromatic nitrogens is 2. The number of methoxy groups -OCH3 is 1. The second kappa shape index (κ2) is 8.42. The van der Waals surface area contributed by atoms with Gasteiger partial charge < -0.3 is 14.8 Å². The number of nitrogens with one attached hydrogen (secondary N) is 2. The summed E-state index contributed by atoms with van der Waals surface area (Å²) >= 11 is 0. The maximum Gasteiger partial charge on any atom is 0.232 e. The van der Waals surface area contributed by atoms with Crippen LogP contribution >= 0.6 is 0 Å². The number of hydrogen-bond acceptors (Lipinski definition) is 5. The third-order valence-corrected chi connectivity index (χ3v) is 6.66. The zero-order valence-corrected chi connectivity index (χ0v) is 19.1. The highest BCUT2D eigenvalue weighted by molar-refractivity contribution is 6.15. The number of Topliss-reactive ketones (excluding diaryl/α,β-unsaturated/α-hetero) is 1. The highest BCUT2D eigenvalue weighted by Gasteiger charge is 2.33. The zero-order valence-electron chi connectivity index (χ0n) is 19.1. The Labute approximate surface area is 193 Å². The van der Waals surface area contributed by atoms with E-state index in [1.165, 1.54) is 0 Å². The molecule has 2 aliphatic rings. The third kappa shape index (κ3) is 3.90. The average Bonchev–Trinajstić information content (AvgIpc) is 3.39. The van der Waals surface area contributed by atoms with Gasteiger partial charge in [0.05, 0.1) is 23.9 Å². The van der Waals surface area contributed by atoms with E-state index < -0.39 is 0 Å². The molecular formula is C27H27N3O3. The van der Waals surface area contributed by atoms with E-state index in [0.717, 1.165) is 36.8 Å². The standard InChI is InChI=1S/C27H27N3O3/c1-27(2,17-11-14-28-15-12-17)13-10-19-23(32-3)9-8-20-25(31)24(33-26(19)20)16-22-18-6-4-5-7-21(18)29-30-22/h4-9,16-17,28H,11-12,14-15H2,1-3H3,(H,29,30)/b24-16-. The first kappa shape index (κ1) is 21.3. The van der Waals surface area contributed by atoms with Gasteiger partial charge in [0.15, 0.2) is 11.5 Å². The summed E-state index contributed by atoms with van der Waals surface area (Å²) in [6, 6.07) is 11.3. The molecule has 1 fully saturated rings. The van der Waals surface area contributed by atoms with Crippen molar-refractivity contribution in [1.82, 2.24) is 15.5 Å². The van der Waals surface area contributed by atoms with Gasteiger partial charge in [-0.3, -0.25) is 9.89 Å². The van der Waals surface area contributed by atoms with Crippen LogP contribution in [0.1, 0.15) is 48.3 Å². The van der Waals surface area contributed by atoms with Gasteiger partial charge in [-0.25, -0.2) is 0 Å². The van der Waals surface area contributed by atoms with E-state index in [1.54, 1.807) is 25.3 Å². The molecule has 0 spiro atoms. The number of nitrogens with zero attached hydrogens (tertiary/aromatic N) is 1. The quantitative estimate of drug-likeness (QED) is 0.460. The van der Waals surface area contributed by atoms with Crippen LogP contribution in [0, 0.1) is 23.2 Å². The number of para-hydroxylation sites is 1. The van der Waals surface area contributed by atoms with Crippen molar-refractivity contribution in [1.29, 1.82) is 0 Å². The van der Waals surface area contributed by atoms with E-state index in [4.69, 9.17) is 9.47 Å². The summed E-state index contributed by atoms with van der Waals surface area (Å²) in [7, 11) is 1.61. The summed E-state index contributed by atoms with van der Waals surface area (Å²) < 4.78 is 11.7. The van der Waals surface area contributed by atoms with E-state index >= 15 is 0 Å². The van der Waals surface area contributed by atoms with Crippen LogP contribution in [0.25, 0.3) is 17.0 Å². The van der Waals surface area contributed by atoms with Gasteiger partial charge in [0.1, 0.15) is 11.3 Å². The Balaban J connectivity index is 1.52. The smallest absolute Gasteiger partial charge is 0.232 e. The molecule has 0 saturated carbocycles. The highest BCUT2D eigenvalue weighted by atomic mass is 16.5. The first-order chi connectivity index (χ1) is 16.0. The number of allylic oxidation sites excluding steroid dienone is 1. The van der Waals surface area contributed by atoms with Crippen molar-refractivity contribution in [3.05, 3.63) is 59.0 Å². The molecule has 2 N–H and O–H groups in total. The minimum absolute atomic E-state index is 0.162. The minimum atomic E-state index is -0.180. The molecule has 3 aromatic rings. The summed E-state index contributed by atoms with van der Waals surface area (Å²) in [6.45, 7) is 6.41. The van der Waals surface area contributed by atoms with Crippen molar-refractivity contribution in [3.63, 3.8) is 0 Å². The molecule has 0 radical (unpaired) electrons. The molecular weight excluding hydrogens is 414 g/mol. The van der Waals surface area contributed by atoms with Crippen molar-refractivity contribution in [2.75, 3.05) is 20.2 Å². The van der Waals surface area contributed by atoms with Gasteiger partial charge in [-0.1, -0.05) is 30.0 Å². The third-order valence-electron chi connectivity index (χ3n) is 6.66. The van der Waals surface area contributed by atoms with Gasteiger partial charge in [0, 0.05) is 16.9 Å². The molecule has 1 saturated heterocycles. The predicted molar refractivity (Wildman–Crippen MR) is 128 cm³/mol. The fraction of sp³-hybridized carbons (Fsp3) is 0.333. The van der Waals surface area contributed by atoms with Crippen LogP contribution in [0.5, 0.6) is 11.5 Å². The van der Waals surface area contributed by atoms with Gasteiger partial charge in [-0.2, -0.15) is 5.10 Å². The Morgan fingerprint density at radius 1 is 1.18 bits per heavy atom. The lowest BCUT2D eigenvalue weighted by molar-refractivity contribution is 0.101. The summed E-state index contributed by atoms with van der Waals surface area (Å²) in [5.41, 5.74) is 2.51. The number of piperidine rings is 1. The fourth-order valence-electron chi connectivity index (χ4n) is 4.61. The molecule has 1 aromatic heterocycles. The number of H-pyrrole nitrogens is 1. The second-order valence-electron chi connectivity index (χ2n) is 9.11. The fourth-order valence-corrected chi connectivity index (χ4v) is 4.61. The maximum absolute atomic E-state index is 13.1. The van der Waals surface area contributed by atoms with Crippen molar-refractivity contribution in [3.8, 4) is 23.3 Å². The minimum Gasteiger partial charge on any atom is -0.495 e. The molecule has 0 atom stereocenters. The van der Waals surface area contributed by atoms with E-state index in [9.17, 15) is 4.79 Å². The molecule has 2 aromatic carbocycles. The van der Waals surface area contributed by atoms with E-state index in [1.807, 2.05) is 24.3 Å². The van der Waals surface area contributed by atoms with E-state index in [2.05, 4.69) is 41.2 Å². The van der Waals surface area contributed by atoms with Crippen LogP contribution in [-0.4, -0.2) is 36.2 Å². The molecule has 0 amide bonds. The number of ether oxygens (including phenoxy) is 2. The molecule has 6 nitrogen and oxygen atoms in total. The molecule has 2 aliphatic heterocycles. The average molecular weight is 442 g/mol. The van der Waals surface area contributed by atoms with Crippen LogP contribution in [0.3, 0.4) is 0 Å². The Morgan fingerprint density at radius 3 is 2.76 bits per heavy atom. The molecule has 0 unspecified atom stereocenters. The molecule has 6 heteroatoms. The Kier molecular flexibility index (Phi) is 5.43. The lowest BCUT2D eigenvalue weighted by Crippen LogP contribution is -2.35. The van der Waals surface area contributed by atoms with Crippen molar-refractivity contribution >= 4 is 22.8 Å². The summed E-state index contributed by atoms with van der Waals surface area (Å²) in [5, 5.41) is 11.7. The summed E-state index contributed by atoms with van der Waals surface area (Å²) in [6.07, 6.45) is 3.89. The molecule has 5 rings (SSSR count). The number of fused-ring (bicyclic) bond motifs is 2. The van der Waals surface area contributed by atoms with Crippen molar-refractivity contribution < 1.29 is 14.3 Å². The number of carbonyl (C=O) groups excluding carboxylic acids is 1. The van der Waals surface area contributed by atoms with Crippen LogP contribution < -0.4 is 14.8 Å². The maximum atomic E-state index is 13.1. The van der Waals surface area contributed by atoms with Crippen LogP contribution in [0.2, 0.25) is 0 Å². The van der Waals surface area contributed by atoms with Gasteiger partial charge in [-0.05, 0) is 63.9 Å². The molecule has 3 heterocycles. The first-order valence-electron chi connectivity index (χ1n) is 11.3. The number of hydrogen-bond donors (Lipinski definition) is 2.